The first kappa shape index (κ1) is 16.1. The molecule has 0 fully saturated rings. The molecule has 3 heterocycles. The summed E-state index contributed by atoms with van der Waals surface area (Å²) < 4.78 is 12.6. The molecule has 0 aliphatic carbocycles. The average Bonchev–Trinajstić information content (AvgIpc) is 3.35. The number of rotatable bonds is 6. The minimum absolute atomic E-state index is 0.490. The number of fused-ring (bicyclic) bond motifs is 1. The first-order valence-electron chi connectivity index (χ1n) is 8.45. The molecule has 3 aromatic heterocycles. The molecule has 1 aromatic carbocycles. The summed E-state index contributed by atoms with van der Waals surface area (Å²) in [7, 11) is 1.64. The van der Waals surface area contributed by atoms with E-state index in [9.17, 15) is 0 Å². The molecular formula is C19H19N5O2. The Bertz CT molecular complexity index is 1040. The van der Waals surface area contributed by atoms with Crippen LogP contribution in [0.3, 0.4) is 0 Å². The molecule has 4 rings (SSSR count). The zero-order chi connectivity index (χ0) is 17.9. The lowest BCUT2D eigenvalue weighted by Crippen LogP contribution is -2.06. The van der Waals surface area contributed by atoms with Gasteiger partial charge in [-0.3, -0.25) is 0 Å². The molecule has 0 spiro atoms. The average molecular weight is 349 g/mol. The Morgan fingerprint density at radius 3 is 2.92 bits per heavy atom. The summed E-state index contributed by atoms with van der Waals surface area (Å²) in [4.78, 5) is 4.54. The molecule has 7 heteroatoms. The zero-order valence-electron chi connectivity index (χ0n) is 14.6. The van der Waals surface area contributed by atoms with Crippen molar-refractivity contribution < 1.29 is 9.26 Å². The highest BCUT2D eigenvalue weighted by molar-refractivity contribution is 5.66. The summed E-state index contributed by atoms with van der Waals surface area (Å²) in [5, 5.41) is 11.8. The van der Waals surface area contributed by atoms with Crippen LogP contribution in [0.25, 0.3) is 16.9 Å². The van der Waals surface area contributed by atoms with E-state index in [1.54, 1.807) is 17.8 Å². The third-order valence-corrected chi connectivity index (χ3v) is 4.16. The topological polar surface area (TPSA) is 77.5 Å². The molecule has 26 heavy (non-hydrogen) atoms. The minimum Gasteiger partial charge on any atom is -0.496 e. The molecule has 0 saturated heterocycles. The number of hydrogen-bond donors (Lipinski definition) is 1. The molecule has 1 N–H and O–H groups in total. The Balaban J connectivity index is 1.56. The van der Waals surface area contributed by atoms with Crippen LogP contribution in [0.5, 0.6) is 5.75 Å². The Hall–Kier alpha value is -3.35. The third kappa shape index (κ3) is 2.99. The van der Waals surface area contributed by atoms with Crippen LogP contribution in [0.15, 0.2) is 53.2 Å². The standard InChI is InChI=1S/C19H19N5O2/c1-3-13-10-19(24-18(22-13)8-9-21-24)20-12-14-11-16(23-26-14)15-6-4-5-7-17(15)25-2/h4-11,20H,3,12H2,1-2H3. The molecular weight excluding hydrogens is 330 g/mol. The number of hydrogen-bond acceptors (Lipinski definition) is 6. The summed E-state index contributed by atoms with van der Waals surface area (Å²) in [5.74, 6) is 2.36. The second-order valence-electron chi connectivity index (χ2n) is 5.82. The molecule has 0 amide bonds. The van der Waals surface area contributed by atoms with Crippen molar-refractivity contribution in [2.45, 2.75) is 19.9 Å². The fourth-order valence-electron chi connectivity index (χ4n) is 2.83. The second-order valence-corrected chi connectivity index (χ2v) is 5.82. The maximum absolute atomic E-state index is 5.48. The van der Waals surface area contributed by atoms with Gasteiger partial charge in [0.25, 0.3) is 0 Å². The lowest BCUT2D eigenvalue weighted by molar-refractivity contribution is 0.388. The fraction of sp³-hybridized carbons (Fsp3) is 0.211. The predicted molar refractivity (Wildman–Crippen MR) is 98.2 cm³/mol. The highest BCUT2D eigenvalue weighted by Crippen LogP contribution is 2.29. The number of ether oxygens (including phenoxy) is 1. The molecule has 0 radical (unpaired) electrons. The fourth-order valence-corrected chi connectivity index (χ4v) is 2.83. The van der Waals surface area contributed by atoms with E-state index in [0.29, 0.717) is 6.54 Å². The van der Waals surface area contributed by atoms with Gasteiger partial charge >= 0.3 is 0 Å². The van der Waals surface area contributed by atoms with Crippen LogP contribution >= 0.6 is 0 Å². The lowest BCUT2D eigenvalue weighted by Gasteiger charge is -2.08. The van der Waals surface area contributed by atoms with Gasteiger partial charge in [-0.15, -0.1) is 0 Å². The molecule has 0 atom stereocenters. The molecule has 7 nitrogen and oxygen atoms in total. The Labute approximate surface area is 150 Å². The van der Waals surface area contributed by atoms with Crippen molar-refractivity contribution in [3.05, 3.63) is 60.1 Å². The van der Waals surface area contributed by atoms with Gasteiger partial charge in [0.2, 0.25) is 0 Å². The van der Waals surface area contributed by atoms with Crippen molar-refractivity contribution in [2.75, 3.05) is 12.4 Å². The summed E-state index contributed by atoms with van der Waals surface area (Å²) in [6.07, 6.45) is 2.60. The van der Waals surface area contributed by atoms with Crippen molar-refractivity contribution in [3.63, 3.8) is 0 Å². The smallest absolute Gasteiger partial charge is 0.157 e. The van der Waals surface area contributed by atoms with Crippen LogP contribution in [-0.4, -0.2) is 26.9 Å². The number of methoxy groups -OCH3 is 1. The highest BCUT2D eigenvalue weighted by Gasteiger charge is 2.12. The number of aryl methyl sites for hydroxylation is 1. The van der Waals surface area contributed by atoms with Gasteiger partial charge in [0.05, 0.1) is 19.9 Å². The van der Waals surface area contributed by atoms with E-state index in [1.165, 1.54) is 0 Å². The van der Waals surface area contributed by atoms with Gasteiger partial charge in [0.1, 0.15) is 17.3 Å². The zero-order valence-corrected chi connectivity index (χ0v) is 14.6. The quantitative estimate of drug-likeness (QED) is 0.573. The van der Waals surface area contributed by atoms with Crippen LogP contribution < -0.4 is 10.1 Å². The molecule has 0 aliphatic rings. The van der Waals surface area contributed by atoms with Gasteiger partial charge in [-0.2, -0.15) is 9.61 Å². The van der Waals surface area contributed by atoms with Crippen LogP contribution in [0.1, 0.15) is 18.4 Å². The predicted octanol–water partition coefficient (Wildman–Crippen LogP) is 3.57. The van der Waals surface area contributed by atoms with Gasteiger partial charge in [-0.25, -0.2) is 4.98 Å². The first-order chi connectivity index (χ1) is 12.8. The first-order valence-corrected chi connectivity index (χ1v) is 8.45. The van der Waals surface area contributed by atoms with Crippen molar-refractivity contribution >= 4 is 11.5 Å². The van der Waals surface area contributed by atoms with E-state index < -0.39 is 0 Å². The number of nitrogens with one attached hydrogen (secondary N) is 1. The van der Waals surface area contributed by atoms with Crippen molar-refractivity contribution in [1.29, 1.82) is 0 Å². The van der Waals surface area contributed by atoms with Gasteiger partial charge in [0, 0.05) is 29.5 Å². The molecule has 0 bridgehead atoms. The van der Waals surface area contributed by atoms with Crippen LogP contribution in [0.4, 0.5) is 5.82 Å². The van der Waals surface area contributed by atoms with E-state index in [1.807, 2.05) is 42.5 Å². The number of para-hydroxylation sites is 1. The lowest BCUT2D eigenvalue weighted by atomic mass is 10.1. The van der Waals surface area contributed by atoms with Crippen molar-refractivity contribution in [1.82, 2.24) is 19.8 Å². The Morgan fingerprint density at radius 1 is 1.19 bits per heavy atom. The Morgan fingerprint density at radius 2 is 2.08 bits per heavy atom. The van der Waals surface area contributed by atoms with E-state index >= 15 is 0 Å². The van der Waals surface area contributed by atoms with Crippen LogP contribution in [0, 0.1) is 0 Å². The summed E-state index contributed by atoms with van der Waals surface area (Å²) in [5.41, 5.74) is 3.47. The molecule has 0 aliphatic heterocycles. The second kappa shape index (κ2) is 6.87. The van der Waals surface area contributed by atoms with E-state index in [-0.39, 0.29) is 0 Å². The number of aromatic nitrogens is 4. The maximum Gasteiger partial charge on any atom is 0.157 e. The van der Waals surface area contributed by atoms with Crippen LogP contribution in [0.2, 0.25) is 0 Å². The molecule has 4 aromatic rings. The highest BCUT2D eigenvalue weighted by atomic mass is 16.5. The maximum atomic E-state index is 5.48. The molecule has 132 valence electrons. The third-order valence-electron chi connectivity index (χ3n) is 4.16. The largest absolute Gasteiger partial charge is 0.496 e. The van der Waals surface area contributed by atoms with Crippen molar-refractivity contribution in [2.24, 2.45) is 0 Å². The van der Waals surface area contributed by atoms with Crippen LogP contribution in [-0.2, 0) is 13.0 Å². The van der Waals surface area contributed by atoms with E-state index in [4.69, 9.17) is 9.26 Å². The number of anilines is 1. The SMILES string of the molecule is CCc1cc(NCc2cc(-c3ccccc3OC)no2)n2nccc2n1. The van der Waals surface area contributed by atoms with E-state index in [2.05, 4.69) is 27.5 Å². The van der Waals surface area contributed by atoms with Gasteiger partial charge in [-0.1, -0.05) is 24.2 Å². The van der Waals surface area contributed by atoms with Crippen molar-refractivity contribution in [3.8, 4) is 17.0 Å². The van der Waals surface area contributed by atoms with Gasteiger partial charge < -0.3 is 14.6 Å². The number of nitrogens with zero attached hydrogens (tertiary/aromatic N) is 4. The normalized spacial score (nSPS) is 11.0. The van der Waals surface area contributed by atoms with E-state index in [0.717, 1.165) is 46.3 Å². The van der Waals surface area contributed by atoms with Gasteiger partial charge in [-0.05, 0) is 18.6 Å². The monoisotopic (exact) mass is 349 g/mol. The minimum atomic E-state index is 0.490. The molecule has 0 unspecified atom stereocenters. The van der Waals surface area contributed by atoms with Gasteiger partial charge in [0.15, 0.2) is 11.4 Å². The summed E-state index contributed by atoms with van der Waals surface area (Å²) in [6, 6.07) is 13.5. The summed E-state index contributed by atoms with van der Waals surface area (Å²) >= 11 is 0. The Kier molecular flexibility index (Phi) is 4.27. The molecule has 0 saturated carbocycles. The number of benzene rings is 1. The summed E-state index contributed by atoms with van der Waals surface area (Å²) in [6.45, 7) is 2.57.